The van der Waals surface area contributed by atoms with Crippen LogP contribution in [0.2, 0.25) is 0 Å². The lowest BCUT2D eigenvalue weighted by atomic mass is 10.1. The molecule has 9 heteroatoms. The number of hydrogen-bond acceptors (Lipinski definition) is 5. The van der Waals surface area contributed by atoms with Crippen LogP contribution < -0.4 is 15.4 Å². The lowest BCUT2D eigenvalue weighted by molar-refractivity contribution is -0.0494. The number of thiazole rings is 1. The molecule has 1 heterocycles. The fourth-order valence-electron chi connectivity index (χ4n) is 2.69. The number of anilines is 1. The summed E-state index contributed by atoms with van der Waals surface area (Å²) in [7, 11) is 0. The number of rotatable bonds is 6. The number of para-hydroxylation sites is 1. The van der Waals surface area contributed by atoms with Crippen LogP contribution in [0.25, 0.3) is 11.3 Å². The maximum atomic E-state index is 12.6. The molecule has 31 heavy (non-hydrogen) atoms. The molecule has 0 aliphatic rings. The van der Waals surface area contributed by atoms with Gasteiger partial charge in [-0.1, -0.05) is 12.1 Å². The van der Waals surface area contributed by atoms with Gasteiger partial charge in [-0.3, -0.25) is 14.9 Å². The lowest BCUT2D eigenvalue weighted by Gasteiger charge is -2.20. The average molecular weight is 445 g/mol. The van der Waals surface area contributed by atoms with Gasteiger partial charge in [-0.05, 0) is 57.2 Å². The Morgan fingerprint density at radius 3 is 2.23 bits per heavy atom. The van der Waals surface area contributed by atoms with Crippen molar-refractivity contribution in [3.8, 4) is 17.0 Å². The van der Waals surface area contributed by atoms with Gasteiger partial charge in [0.05, 0.1) is 5.69 Å². The molecule has 2 aromatic carbocycles. The summed E-state index contributed by atoms with van der Waals surface area (Å²) in [5.41, 5.74) is 1.23. The third-order valence-electron chi connectivity index (χ3n) is 4.00. The molecule has 0 saturated heterocycles. The van der Waals surface area contributed by atoms with E-state index in [1.54, 1.807) is 47.8 Å². The highest BCUT2D eigenvalue weighted by Crippen LogP contribution is 2.33. The predicted molar refractivity (Wildman–Crippen MR) is 116 cm³/mol. The van der Waals surface area contributed by atoms with Crippen molar-refractivity contribution < 1.29 is 23.1 Å². The van der Waals surface area contributed by atoms with Gasteiger partial charge in [0.2, 0.25) is 0 Å². The second kappa shape index (κ2) is 9.22. The van der Waals surface area contributed by atoms with E-state index in [9.17, 15) is 18.4 Å². The molecule has 0 bridgehead atoms. The molecule has 2 amide bonds. The first-order chi connectivity index (χ1) is 14.6. The Bertz CT molecular complexity index is 1080. The Morgan fingerprint density at radius 2 is 1.61 bits per heavy atom. The van der Waals surface area contributed by atoms with E-state index in [0.29, 0.717) is 27.5 Å². The van der Waals surface area contributed by atoms with Crippen molar-refractivity contribution in [3.63, 3.8) is 0 Å². The van der Waals surface area contributed by atoms with Gasteiger partial charge in [0.1, 0.15) is 5.75 Å². The van der Waals surface area contributed by atoms with Gasteiger partial charge < -0.3 is 10.1 Å². The second-order valence-corrected chi connectivity index (χ2v) is 8.51. The first kappa shape index (κ1) is 22.4. The molecular formula is C22H21F2N3O3S. The number of halogens is 2. The SMILES string of the molecule is CC(C)(C)NC(=O)c1ccc(C(=O)Nc2nc(-c3ccccc3OC(F)F)cs2)cc1. The number of carbonyl (C=O) groups excluding carboxylic acids is 2. The van der Waals surface area contributed by atoms with E-state index in [1.807, 2.05) is 20.8 Å². The maximum Gasteiger partial charge on any atom is 0.387 e. The van der Waals surface area contributed by atoms with Crippen molar-refractivity contribution in [2.45, 2.75) is 32.9 Å². The van der Waals surface area contributed by atoms with E-state index < -0.39 is 12.5 Å². The van der Waals surface area contributed by atoms with Gasteiger partial charge in [0, 0.05) is 27.6 Å². The van der Waals surface area contributed by atoms with Gasteiger partial charge in [0.15, 0.2) is 5.13 Å². The zero-order valence-electron chi connectivity index (χ0n) is 17.1. The lowest BCUT2D eigenvalue weighted by Crippen LogP contribution is -2.40. The minimum Gasteiger partial charge on any atom is -0.434 e. The third kappa shape index (κ3) is 6.08. The standard InChI is InChI=1S/C22H21F2N3O3S/c1-22(2,3)27-19(29)14-10-8-13(9-11-14)18(28)26-21-25-16(12-31-21)15-6-4-5-7-17(15)30-20(23)24/h4-12,20H,1-3H3,(H,27,29)(H,25,26,28). The van der Waals surface area contributed by atoms with Crippen LogP contribution in [0.1, 0.15) is 41.5 Å². The van der Waals surface area contributed by atoms with Crippen molar-refractivity contribution in [3.05, 3.63) is 65.0 Å². The van der Waals surface area contributed by atoms with E-state index >= 15 is 0 Å². The van der Waals surface area contributed by atoms with Crippen molar-refractivity contribution in [1.82, 2.24) is 10.3 Å². The van der Waals surface area contributed by atoms with Gasteiger partial charge in [0.25, 0.3) is 11.8 Å². The Morgan fingerprint density at radius 1 is 1.00 bits per heavy atom. The van der Waals surface area contributed by atoms with Gasteiger partial charge in [-0.15, -0.1) is 11.3 Å². The number of benzene rings is 2. The molecule has 0 unspecified atom stereocenters. The van der Waals surface area contributed by atoms with Crippen molar-refractivity contribution in [2.24, 2.45) is 0 Å². The van der Waals surface area contributed by atoms with Crippen molar-refractivity contribution >= 4 is 28.3 Å². The molecule has 6 nitrogen and oxygen atoms in total. The number of ether oxygens (including phenoxy) is 1. The van der Waals surface area contributed by atoms with E-state index in [-0.39, 0.29) is 17.2 Å². The molecule has 1 aromatic heterocycles. The van der Waals surface area contributed by atoms with Crippen LogP contribution >= 0.6 is 11.3 Å². The van der Waals surface area contributed by atoms with Crippen molar-refractivity contribution in [2.75, 3.05) is 5.32 Å². The molecule has 3 rings (SSSR count). The molecule has 0 spiro atoms. The number of carbonyl (C=O) groups is 2. The summed E-state index contributed by atoms with van der Waals surface area (Å²) in [5, 5.41) is 7.48. The summed E-state index contributed by atoms with van der Waals surface area (Å²) in [6, 6.07) is 12.5. The molecule has 162 valence electrons. The maximum absolute atomic E-state index is 12.6. The van der Waals surface area contributed by atoms with Crippen LogP contribution in [0, 0.1) is 0 Å². The minimum atomic E-state index is -2.95. The predicted octanol–water partition coefficient (Wildman–Crippen LogP) is 5.19. The van der Waals surface area contributed by atoms with Crippen LogP contribution in [0.15, 0.2) is 53.9 Å². The number of amides is 2. The van der Waals surface area contributed by atoms with Crippen LogP contribution in [0.5, 0.6) is 5.75 Å². The van der Waals surface area contributed by atoms with Crippen LogP contribution in [-0.2, 0) is 0 Å². The molecule has 0 aliphatic carbocycles. The summed E-state index contributed by atoms with van der Waals surface area (Å²) < 4.78 is 29.8. The smallest absolute Gasteiger partial charge is 0.387 e. The molecule has 0 radical (unpaired) electrons. The summed E-state index contributed by atoms with van der Waals surface area (Å²) in [4.78, 5) is 29.0. The monoisotopic (exact) mass is 445 g/mol. The molecule has 0 aliphatic heterocycles. The molecular weight excluding hydrogens is 424 g/mol. The van der Waals surface area contributed by atoms with Crippen LogP contribution in [-0.4, -0.2) is 28.9 Å². The van der Waals surface area contributed by atoms with Gasteiger partial charge >= 0.3 is 6.61 Å². The fourth-order valence-corrected chi connectivity index (χ4v) is 3.39. The zero-order valence-corrected chi connectivity index (χ0v) is 17.9. The Kier molecular flexibility index (Phi) is 6.65. The number of alkyl halides is 2. The second-order valence-electron chi connectivity index (χ2n) is 7.65. The fraction of sp³-hybridized carbons (Fsp3) is 0.227. The Labute approximate surface area is 182 Å². The molecule has 0 atom stereocenters. The number of aromatic nitrogens is 1. The zero-order chi connectivity index (χ0) is 22.6. The summed E-state index contributed by atoms with van der Waals surface area (Å²) in [5.74, 6) is -0.626. The topological polar surface area (TPSA) is 80.3 Å². The normalized spacial score (nSPS) is 11.3. The van der Waals surface area contributed by atoms with Crippen LogP contribution in [0.4, 0.5) is 13.9 Å². The highest BCUT2D eigenvalue weighted by molar-refractivity contribution is 7.14. The molecule has 3 aromatic rings. The summed E-state index contributed by atoms with van der Waals surface area (Å²) in [6.45, 7) is 2.69. The molecule has 0 saturated carbocycles. The molecule has 2 N–H and O–H groups in total. The number of nitrogens with one attached hydrogen (secondary N) is 2. The Balaban J connectivity index is 1.70. The highest BCUT2D eigenvalue weighted by Gasteiger charge is 2.17. The van der Waals surface area contributed by atoms with E-state index in [0.717, 1.165) is 11.3 Å². The molecule has 0 fully saturated rings. The van der Waals surface area contributed by atoms with E-state index in [1.165, 1.54) is 6.07 Å². The quantitative estimate of drug-likeness (QED) is 0.547. The van der Waals surface area contributed by atoms with E-state index in [4.69, 9.17) is 0 Å². The largest absolute Gasteiger partial charge is 0.434 e. The first-order valence-corrected chi connectivity index (χ1v) is 10.2. The van der Waals surface area contributed by atoms with Crippen LogP contribution in [0.3, 0.4) is 0 Å². The number of nitrogens with zero attached hydrogens (tertiary/aromatic N) is 1. The number of hydrogen-bond donors (Lipinski definition) is 2. The third-order valence-corrected chi connectivity index (χ3v) is 4.76. The average Bonchev–Trinajstić information content (AvgIpc) is 3.15. The van der Waals surface area contributed by atoms with Gasteiger partial charge in [-0.25, -0.2) is 4.98 Å². The van der Waals surface area contributed by atoms with E-state index in [2.05, 4.69) is 20.4 Å². The summed E-state index contributed by atoms with van der Waals surface area (Å²) in [6.07, 6.45) is 0. The van der Waals surface area contributed by atoms with Gasteiger partial charge in [-0.2, -0.15) is 8.78 Å². The minimum absolute atomic E-state index is 0.00444. The Hall–Kier alpha value is -3.33. The highest BCUT2D eigenvalue weighted by atomic mass is 32.1. The first-order valence-electron chi connectivity index (χ1n) is 9.36. The summed E-state index contributed by atoms with van der Waals surface area (Å²) >= 11 is 1.16. The van der Waals surface area contributed by atoms with Crippen molar-refractivity contribution in [1.29, 1.82) is 0 Å².